The molecule has 0 aromatic heterocycles. The molecule has 0 radical (unpaired) electrons. The molecule has 1 aromatic rings. The number of amides is 1. The summed E-state index contributed by atoms with van der Waals surface area (Å²) >= 11 is 0. The molecule has 0 bridgehead atoms. The first-order chi connectivity index (χ1) is 9.97. The molecule has 3 N–H and O–H groups in total. The fraction of sp³-hybridized carbons (Fsp3) is 0.588. The zero-order valence-electron chi connectivity index (χ0n) is 13.5. The zero-order valence-corrected chi connectivity index (χ0v) is 13.5. The molecule has 4 heteroatoms. The van der Waals surface area contributed by atoms with Crippen molar-refractivity contribution in [1.82, 2.24) is 5.32 Å². The van der Waals surface area contributed by atoms with Gasteiger partial charge in [0.05, 0.1) is 6.61 Å². The number of aliphatic hydroxyl groups is 1. The van der Waals surface area contributed by atoms with Gasteiger partial charge in [-0.05, 0) is 30.9 Å². The maximum absolute atomic E-state index is 12.1. The van der Waals surface area contributed by atoms with Gasteiger partial charge in [0.1, 0.15) is 0 Å². The molecule has 0 aliphatic heterocycles. The van der Waals surface area contributed by atoms with Crippen LogP contribution in [0.3, 0.4) is 0 Å². The van der Waals surface area contributed by atoms with E-state index in [1.807, 2.05) is 38.1 Å². The van der Waals surface area contributed by atoms with Crippen molar-refractivity contribution < 1.29 is 9.90 Å². The van der Waals surface area contributed by atoms with Crippen molar-refractivity contribution in [2.24, 2.45) is 0 Å². The third kappa shape index (κ3) is 5.86. The Hall–Kier alpha value is -1.39. The van der Waals surface area contributed by atoms with E-state index >= 15 is 0 Å². The number of carbonyl (C=O) groups is 1. The van der Waals surface area contributed by atoms with Crippen molar-refractivity contribution in [3.05, 3.63) is 29.8 Å². The third-order valence-corrected chi connectivity index (χ3v) is 3.58. The molecular weight excluding hydrogens is 264 g/mol. The number of para-hydroxylation sites is 1. The number of benzene rings is 1. The van der Waals surface area contributed by atoms with Crippen LogP contribution in [-0.2, 0) is 4.79 Å². The quantitative estimate of drug-likeness (QED) is 0.690. The largest absolute Gasteiger partial charge is 0.395 e. The summed E-state index contributed by atoms with van der Waals surface area (Å²) in [6, 6.07) is 7.99. The predicted molar refractivity (Wildman–Crippen MR) is 87.5 cm³/mol. The van der Waals surface area contributed by atoms with Gasteiger partial charge in [0.15, 0.2) is 0 Å². The summed E-state index contributed by atoms with van der Waals surface area (Å²) < 4.78 is 0. The number of aliphatic hydroxyl groups excluding tert-OH is 1. The lowest BCUT2D eigenvalue weighted by Gasteiger charge is -2.20. The molecule has 0 aliphatic carbocycles. The van der Waals surface area contributed by atoms with E-state index in [2.05, 4.69) is 24.5 Å². The van der Waals surface area contributed by atoms with Crippen LogP contribution >= 0.6 is 0 Å². The molecule has 4 nitrogen and oxygen atoms in total. The molecule has 2 unspecified atom stereocenters. The van der Waals surface area contributed by atoms with Crippen LogP contribution in [0.25, 0.3) is 0 Å². The van der Waals surface area contributed by atoms with Crippen LogP contribution in [0.1, 0.15) is 52.0 Å². The monoisotopic (exact) mass is 292 g/mol. The second kappa shape index (κ2) is 8.80. The van der Waals surface area contributed by atoms with E-state index in [0.717, 1.165) is 17.7 Å². The first-order valence-corrected chi connectivity index (χ1v) is 7.73. The lowest BCUT2D eigenvalue weighted by atomic mass is 10.0. The second-order valence-corrected chi connectivity index (χ2v) is 5.85. The van der Waals surface area contributed by atoms with Crippen molar-refractivity contribution in [2.75, 3.05) is 11.9 Å². The number of anilines is 1. The summed E-state index contributed by atoms with van der Waals surface area (Å²) in [4.78, 5) is 12.1. The number of nitrogens with one attached hydrogen (secondary N) is 2. The summed E-state index contributed by atoms with van der Waals surface area (Å²) in [6.45, 7) is 8.30. The summed E-state index contributed by atoms with van der Waals surface area (Å²) in [7, 11) is 0. The number of hydrogen-bond acceptors (Lipinski definition) is 3. The highest BCUT2D eigenvalue weighted by Gasteiger charge is 2.14. The lowest BCUT2D eigenvalue weighted by molar-refractivity contribution is -0.116. The van der Waals surface area contributed by atoms with E-state index in [9.17, 15) is 9.90 Å². The molecule has 118 valence electrons. The molecule has 0 aliphatic rings. The fourth-order valence-corrected chi connectivity index (χ4v) is 2.35. The highest BCUT2D eigenvalue weighted by Crippen LogP contribution is 2.23. The van der Waals surface area contributed by atoms with Crippen LogP contribution in [0, 0.1) is 0 Å². The van der Waals surface area contributed by atoms with Crippen LogP contribution in [0.5, 0.6) is 0 Å². The Balaban J connectivity index is 2.58. The molecule has 0 spiro atoms. The van der Waals surface area contributed by atoms with Crippen molar-refractivity contribution in [2.45, 2.75) is 58.5 Å². The van der Waals surface area contributed by atoms with E-state index in [1.165, 1.54) is 0 Å². The van der Waals surface area contributed by atoms with Gasteiger partial charge in [-0.1, -0.05) is 39.0 Å². The van der Waals surface area contributed by atoms with Gasteiger partial charge >= 0.3 is 0 Å². The summed E-state index contributed by atoms with van der Waals surface area (Å²) in [5, 5.41) is 15.4. The normalized spacial score (nSPS) is 14.0. The van der Waals surface area contributed by atoms with Gasteiger partial charge in [-0.15, -0.1) is 0 Å². The maximum Gasteiger partial charge on any atom is 0.225 e. The summed E-state index contributed by atoms with van der Waals surface area (Å²) in [5.41, 5.74) is 2.03. The van der Waals surface area contributed by atoms with Gasteiger partial charge in [0, 0.05) is 24.2 Å². The van der Waals surface area contributed by atoms with Crippen molar-refractivity contribution in [3.8, 4) is 0 Å². The minimum atomic E-state index is -0.00380. The Kier molecular flexibility index (Phi) is 7.40. The average molecular weight is 292 g/mol. The maximum atomic E-state index is 12.1. The minimum absolute atomic E-state index is 0.00380. The Labute approximate surface area is 128 Å². The SMILES string of the molecule is CCC(CO)NC(C)CC(=O)Nc1ccccc1C(C)C. The van der Waals surface area contributed by atoms with Gasteiger partial charge in [0.2, 0.25) is 5.91 Å². The highest BCUT2D eigenvalue weighted by atomic mass is 16.3. The molecule has 0 saturated heterocycles. The van der Waals surface area contributed by atoms with Gasteiger partial charge in [-0.3, -0.25) is 4.79 Å². The van der Waals surface area contributed by atoms with E-state index in [0.29, 0.717) is 12.3 Å². The van der Waals surface area contributed by atoms with E-state index in [-0.39, 0.29) is 24.6 Å². The fourth-order valence-electron chi connectivity index (χ4n) is 2.35. The Bertz CT molecular complexity index is 442. The number of rotatable bonds is 8. The van der Waals surface area contributed by atoms with Gasteiger partial charge < -0.3 is 15.7 Å². The van der Waals surface area contributed by atoms with Crippen LogP contribution in [0.4, 0.5) is 5.69 Å². The first kappa shape index (κ1) is 17.7. The molecule has 1 aromatic carbocycles. The summed E-state index contributed by atoms with van der Waals surface area (Å²) in [6.07, 6.45) is 1.24. The molecule has 0 saturated carbocycles. The third-order valence-electron chi connectivity index (χ3n) is 3.58. The molecular formula is C17H28N2O2. The highest BCUT2D eigenvalue weighted by molar-refractivity contribution is 5.91. The van der Waals surface area contributed by atoms with Gasteiger partial charge in [0.25, 0.3) is 0 Å². The predicted octanol–water partition coefficient (Wildman–Crippen LogP) is 2.89. The average Bonchev–Trinajstić information content (AvgIpc) is 2.44. The van der Waals surface area contributed by atoms with Crippen molar-refractivity contribution >= 4 is 11.6 Å². The molecule has 0 fully saturated rings. The Morgan fingerprint density at radius 3 is 2.48 bits per heavy atom. The van der Waals surface area contributed by atoms with E-state index in [4.69, 9.17) is 0 Å². The van der Waals surface area contributed by atoms with E-state index < -0.39 is 0 Å². The second-order valence-electron chi connectivity index (χ2n) is 5.85. The van der Waals surface area contributed by atoms with Crippen molar-refractivity contribution in [1.29, 1.82) is 0 Å². The topological polar surface area (TPSA) is 61.4 Å². The first-order valence-electron chi connectivity index (χ1n) is 7.73. The number of hydrogen-bond donors (Lipinski definition) is 3. The zero-order chi connectivity index (χ0) is 15.8. The van der Waals surface area contributed by atoms with Crippen LogP contribution in [0.2, 0.25) is 0 Å². The Morgan fingerprint density at radius 1 is 1.24 bits per heavy atom. The smallest absolute Gasteiger partial charge is 0.225 e. The van der Waals surface area contributed by atoms with Crippen LogP contribution in [0.15, 0.2) is 24.3 Å². The lowest BCUT2D eigenvalue weighted by Crippen LogP contribution is -2.40. The molecule has 21 heavy (non-hydrogen) atoms. The van der Waals surface area contributed by atoms with Crippen LogP contribution < -0.4 is 10.6 Å². The standard InChI is InChI=1S/C17H28N2O2/c1-5-14(11-20)18-13(4)10-17(21)19-16-9-7-6-8-15(16)12(2)3/h6-9,12-14,18,20H,5,10-11H2,1-4H3,(H,19,21). The molecule has 1 amide bonds. The summed E-state index contributed by atoms with van der Waals surface area (Å²) in [5.74, 6) is 0.367. The van der Waals surface area contributed by atoms with Crippen molar-refractivity contribution in [3.63, 3.8) is 0 Å². The minimum Gasteiger partial charge on any atom is -0.395 e. The molecule has 1 rings (SSSR count). The number of carbonyl (C=O) groups excluding carboxylic acids is 1. The Morgan fingerprint density at radius 2 is 1.90 bits per heavy atom. The molecule has 0 heterocycles. The molecule has 2 atom stereocenters. The van der Waals surface area contributed by atoms with E-state index in [1.54, 1.807) is 0 Å². The van der Waals surface area contributed by atoms with Crippen LogP contribution in [-0.4, -0.2) is 29.7 Å². The van der Waals surface area contributed by atoms with Gasteiger partial charge in [-0.2, -0.15) is 0 Å². The van der Waals surface area contributed by atoms with Gasteiger partial charge in [-0.25, -0.2) is 0 Å².